The largest absolute Gasteiger partial charge is 0.497 e. The molecule has 0 aliphatic heterocycles. The molecule has 3 amide bonds. The molecule has 0 aliphatic rings. The Hall–Kier alpha value is -4.01. The number of para-hydroxylation sites is 2. The van der Waals surface area contributed by atoms with E-state index in [0.29, 0.717) is 22.7 Å². The number of amides is 3. The SMILES string of the molecule is COc1ccc(C(=O)NCCNC(=O)Nc2ccccc2-n2c(C)c[nH]c2=O)cc1. The molecule has 9 nitrogen and oxygen atoms in total. The number of aryl methyl sites for hydroxylation is 1. The predicted octanol–water partition coefficient (Wildman–Crippen LogP) is 2.03. The fraction of sp³-hybridized carbons (Fsp3) is 0.190. The lowest BCUT2D eigenvalue weighted by atomic mass is 10.2. The van der Waals surface area contributed by atoms with E-state index < -0.39 is 6.03 Å². The van der Waals surface area contributed by atoms with Crippen LogP contribution in [0, 0.1) is 6.92 Å². The van der Waals surface area contributed by atoms with Crippen molar-refractivity contribution >= 4 is 17.6 Å². The van der Waals surface area contributed by atoms with E-state index in [0.717, 1.165) is 5.69 Å². The van der Waals surface area contributed by atoms with Crippen LogP contribution in [-0.2, 0) is 0 Å². The molecule has 0 unspecified atom stereocenters. The fourth-order valence-corrected chi connectivity index (χ4v) is 2.89. The number of ether oxygens (including phenoxy) is 1. The third-order valence-corrected chi connectivity index (χ3v) is 4.40. The summed E-state index contributed by atoms with van der Waals surface area (Å²) >= 11 is 0. The quantitative estimate of drug-likeness (QED) is 0.447. The van der Waals surface area contributed by atoms with Crippen molar-refractivity contribution in [3.05, 3.63) is 76.5 Å². The van der Waals surface area contributed by atoms with E-state index in [9.17, 15) is 14.4 Å². The summed E-state index contributed by atoms with van der Waals surface area (Å²) in [5.41, 5.74) is 1.98. The van der Waals surface area contributed by atoms with Crippen molar-refractivity contribution in [2.75, 3.05) is 25.5 Å². The highest BCUT2D eigenvalue weighted by Crippen LogP contribution is 2.19. The number of hydrogen-bond donors (Lipinski definition) is 4. The van der Waals surface area contributed by atoms with Gasteiger partial charge in [-0.15, -0.1) is 0 Å². The molecule has 0 radical (unpaired) electrons. The van der Waals surface area contributed by atoms with E-state index in [-0.39, 0.29) is 24.7 Å². The summed E-state index contributed by atoms with van der Waals surface area (Å²) < 4.78 is 6.54. The van der Waals surface area contributed by atoms with Crippen molar-refractivity contribution in [3.8, 4) is 11.4 Å². The van der Waals surface area contributed by atoms with E-state index in [4.69, 9.17) is 4.74 Å². The number of benzene rings is 2. The second kappa shape index (κ2) is 9.46. The molecule has 9 heteroatoms. The molecule has 2 aromatic carbocycles. The van der Waals surface area contributed by atoms with Crippen LogP contribution in [0.1, 0.15) is 16.1 Å². The van der Waals surface area contributed by atoms with Crippen LogP contribution in [0.15, 0.2) is 59.5 Å². The van der Waals surface area contributed by atoms with Gasteiger partial charge in [-0.3, -0.25) is 9.36 Å². The average molecular weight is 409 g/mol. The minimum absolute atomic E-state index is 0.235. The van der Waals surface area contributed by atoms with Crippen LogP contribution in [0.3, 0.4) is 0 Å². The van der Waals surface area contributed by atoms with Crippen LogP contribution in [-0.4, -0.2) is 41.7 Å². The Bertz CT molecular complexity index is 1090. The summed E-state index contributed by atoms with van der Waals surface area (Å²) in [4.78, 5) is 39.0. The van der Waals surface area contributed by atoms with E-state index in [1.54, 1.807) is 68.8 Å². The maximum absolute atomic E-state index is 12.2. The molecule has 156 valence electrons. The highest BCUT2D eigenvalue weighted by Gasteiger charge is 2.12. The van der Waals surface area contributed by atoms with Crippen molar-refractivity contribution in [2.24, 2.45) is 0 Å². The average Bonchev–Trinajstić information content (AvgIpc) is 3.09. The summed E-state index contributed by atoms with van der Waals surface area (Å²) in [5.74, 6) is 0.426. The number of hydrogen-bond acceptors (Lipinski definition) is 4. The molecule has 0 aliphatic carbocycles. The Balaban J connectivity index is 1.52. The number of imidazole rings is 1. The van der Waals surface area contributed by atoms with Crippen LogP contribution in [0.4, 0.5) is 10.5 Å². The number of aromatic amines is 1. The lowest BCUT2D eigenvalue weighted by Crippen LogP contribution is -2.37. The van der Waals surface area contributed by atoms with Gasteiger partial charge in [0.2, 0.25) is 0 Å². The summed E-state index contributed by atoms with van der Waals surface area (Å²) in [7, 11) is 1.56. The maximum atomic E-state index is 12.2. The Labute approximate surface area is 173 Å². The Kier molecular flexibility index (Phi) is 6.53. The van der Waals surface area contributed by atoms with Crippen LogP contribution in [0.5, 0.6) is 5.75 Å². The van der Waals surface area contributed by atoms with Gasteiger partial charge in [0.25, 0.3) is 5.91 Å². The lowest BCUT2D eigenvalue weighted by Gasteiger charge is -2.13. The Morgan fingerprint density at radius 1 is 1.03 bits per heavy atom. The topological polar surface area (TPSA) is 117 Å². The maximum Gasteiger partial charge on any atom is 0.330 e. The first-order valence-corrected chi connectivity index (χ1v) is 9.33. The zero-order valence-electron chi connectivity index (χ0n) is 16.7. The molecule has 0 saturated carbocycles. The zero-order chi connectivity index (χ0) is 21.5. The summed E-state index contributed by atoms with van der Waals surface area (Å²) in [6, 6.07) is 13.3. The monoisotopic (exact) mass is 409 g/mol. The minimum Gasteiger partial charge on any atom is -0.497 e. The minimum atomic E-state index is -0.442. The molecule has 3 aromatic rings. The molecule has 4 N–H and O–H groups in total. The second-order valence-electron chi connectivity index (χ2n) is 6.45. The van der Waals surface area contributed by atoms with Crippen molar-refractivity contribution in [2.45, 2.75) is 6.92 Å². The predicted molar refractivity (Wildman–Crippen MR) is 113 cm³/mol. The number of carbonyl (C=O) groups excluding carboxylic acids is 2. The van der Waals surface area contributed by atoms with Gasteiger partial charge in [0.1, 0.15) is 5.75 Å². The number of H-pyrrole nitrogens is 1. The van der Waals surface area contributed by atoms with E-state index in [1.807, 2.05) is 0 Å². The van der Waals surface area contributed by atoms with Crippen molar-refractivity contribution in [3.63, 3.8) is 0 Å². The zero-order valence-corrected chi connectivity index (χ0v) is 16.7. The number of methoxy groups -OCH3 is 1. The van der Waals surface area contributed by atoms with Crippen molar-refractivity contribution < 1.29 is 14.3 Å². The first kappa shape index (κ1) is 20.7. The summed E-state index contributed by atoms with van der Waals surface area (Å²) in [6.07, 6.45) is 1.60. The van der Waals surface area contributed by atoms with E-state index in [1.165, 1.54) is 4.57 Å². The summed E-state index contributed by atoms with van der Waals surface area (Å²) in [5, 5.41) is 8.15. The number of aromatic nitrogens is 2. The first-order valence-electron chi connectivity index (χ1n) is 9.33. The van der Waals surface area contributed by atoms with Crippen molar-refractivity contribution in [1.82, 2.24) is 20.2 Å². The normalized spacial score (nSPS) is 10.3. The lowest BCUT2D eigenvalue weighted by molar-refractivity contribution is 0.0954. The highest BCUT2D eigenvalue weighted by molar-refractivity contribution is 5.94. The smallest absolute Gasteiger partial charge is 0.330 e. The van der Waals surface area contributed by atoms with Gasteiger partial charge in [-0.05, 0) is 43.3 Å². The number of rotatable bonds is 7. The number of nitrogens with one attached hydrogen (secondary N) is 4. The third-order valence-electron chi connectivity index (χ3n) is 4.40. The second-order valence-corrected chi connectivity index (χ2v) is 6.45. The van der Waals surface area contributed by atoms with Gasteiger partial charge in [-0.25, -0.2) is 9.59 Å². The van der Waals surface area contributed by atoms with Crippen molar-refractivity contribution in [1.29, 1.82) is 0 Å². The van der Waals surface area contributed by atoms with Crippen LogP contribution < -0.4 is 26.4 Å². The van der Waals surface area contributed by atoms with Crippen LogP contribution >= 0.6 is 0 Å². The number of nitrogens with zero attached hydrogens (tertiary/aromatic N) is 1. The first-order chi connectivity index (χ1) is 14.5. The number of urea groups is 1. The molecule has 0 fully saturated rings. The molecule has 3 rings (SSSR count). The molecule has 0 atom stereocenters. The van der Waals surface area contributed by atoms with Gasteiger partial charge in [0.05, 0.1) is 18.5 Å². The van der Waals surface area contributed by atoms with Gasteiger partial charge in [-0.2, -0.15) is 0 Å². The van der Waals surface area contributed by atoms with Gasteiger partial charge in [-0.1, -0.05) is 12.1 Å². The van der Waals surface area contributed by atoms with Crippen LogP contribution in [0.25, 0.3) is 5.69 Å². The molecule has 0 saturated heterocycles. The van der Waals surface area contributed by atoms with E-state index in [2.05, 4.69) is 20.9 Å². The molecule has 0 spiro atoms. The van der Waals surface area contributed by atoms with E-state index >= 15 is 0 Å². The molecular weight excluding hydrogens is 386 g/mol. The van der Waals surface area contributed by atoms with Gasteiger partial charge in [0.15, 0.2) is 0 Å². The fourth-order valence-electron chi connectivity index (χ4n) is 2.89. The Morgan fingerprint density at radius 3 is 2.40 bits per heavy atom. The summed E-state index contributed by atoms with van der Waals surface area (Å²) in [6.45, 7) is 2.29. The van der Waals surface area contributed by atoms with Gasteiger partial charge in [0, 0.05) is 30.5 Å². The molecule has 30 heavy (non-hydrogen) atoms. The third kappa shape index (κ3) is 4.88. The number of carbonyl (C=O) groups is 2. The van der Waals surface area contributed by atoms with Gasteiger partial charge >= 0.3 is 11.7 Å². The molecule has 1 heterocycles. The highest BCUT2D eigenvalue weighted by atomic mass is 16.5. The van der Waals surface area contributed by atoms with Gasteiger partial charge < -0.3 is 25.7 Å². The standard InChI is InChI=1S/C21H23N5O4/c1-14-13-24-21(29)26(14)18-6-4-3-5-17(18)25-20(28)23-12-11-22-19(27)15-7-9-16(30-2)10-8-15/h3-10,13H,11-12H2,1-2H3,(H,22,27)(H,24,29)(H2,23,25,28). The molecule has 0 bridgehead atoms. The Morgan fingerprint density at radius 2 is 1.73 bits per heavy atom. The number of anilines is 1. The molecular formula is C21H23N5O4. The molecule has 1 aromatic heterocycles. The van der Waals surface area contributed by atoms with Crippen LogP contribution in [0.2, 0.25) is 0 Å².